The molecule has 1 aromatic carbocycles. The summed E-state index contributed by atoms with van der Waals surface area (Å²) >= 11 is 0. The Morgan fingerprint density at radius 1 is 0.931 bits per heavy atom. The second-order valence-electron chi connectivity index (χ2n) is 7.50. The molecule has 0 atom stereocenters. The predicted molar refractivity (Wildman–Crippen MR) is 107 cm³/mol. The zero-order valence-electron chi connectivity index (χ0n) is 16.3. The first-order valence-electron chi connectivity index (χ1n) is 9.95. The normalized spacial score (nSPS) is 18.9. The van der Waals surface area contributed by atoms with Crippen LogP contribution in [0.2, 0.25) is 0 Å². The number of benzene rings is 1. The van der Waals surface area contributed by atoms with Crippen molar-refractivity contribution in [1.82, 2.24) is 9.80 Å². The summed E-state index contributed by atoms with van der Waals surface area (Å²) in [4.78, 5) is 18.7. The van der Waals surface area contributed by atoms with E-state index in [9.17, 15) is 14.3 Å². The SMILES string of the molecule is O=c1occ(CN2CCOCC2)c(O)c1CN1CCN(c2ccc(F)cc2)CC1. The van der Waals surface area contributed by atoms with Gasteiger partial charge in [0.2, 0.25) is 0 Å². The first-order valence-corrected chi connectivity index (χ1v) is 9.95. The van der Waals surface area contributed by atoms with Gasteiger partial charge in [0.15, 0.2) is 0 Å². The van der Waals surface area contributed by atoms with Crippen molar-refractivity contribution in [3.63, 3.8) is 0 Å². The van der Waals surface area contributed by atoms with Crippen LogP contribution in [-0.4, -0.2) is 67.4 Å². The van der Waals surface area contributed by atoms with Gasteiger partial charge in [0.25, 0.3) is 0 Å². The lowest BCUT2D eigenvalue weighted by molar-refractivity contribution is 0.0335. The van der Waals surface area contributed by atoms with Gasteiger partial charge in [0, 0.05) is 63.6 Å². The zero-order valence-corrected chi connectivity index (χ0v) is 16.3. The van der Waals surface area contributed by atoms with E-state index in [4.69, 9.17) is 9.15 Å². The first-order chi connectivity index (χ1) is 14.1. The highest BCUT2D eigenvalue weighted by Crippen LogP contribution is 2.24. The van der Waals surface area contributed by atoms with Crippen LogP contribution in [0.15, 0.2) is 39.7 Å². The van der Waals surface area contributed by atoms with Gasteiger partial charge in [-0.25, -0.2) is 9.18 Å². The lowest BCUT2D eigenvalue weighted by Gasteiger charge is -2.36. The fourth-order valence-electron chi connectivity index (χ4n) is 3.83. The molecule has 3 heterocycles. The van der Waals surface area contributed by atoms with Gasteiger partial charge in [0.05, 0.1) is 18.8 Å². The molecule has 1 aromatic heterocycles. The van der Waals surface area contributed by atoms with Crippen LogP contribution in [-0.2, 0) is 17.8 Å². The number of aromatic hydroxyl groups is 1. The van der Waals surface area contributed by atoms with Crippen LogP contribution in [0, 0.1) is 5.82 Å². The van der Waals surface area contributed by atoms with Crippen molar-refractivity contribution in [2.24, 2.45) is 0 Å². The average molecular weight is 403 g/mol. The van der Waals surface area contributed by atoms with Crippen molar-refractivity contribution in [2.75, 3.05) is 57.4 Å². The van der Waals surface area contributed by atoms with Crippen LogP contribution in [0.5, 0.6) is 5.75 Å². The number of nitrogens with zero attached hydrogens (tertiary/aromatic N) is 3. The fourth-order valence-corrected chi connectivity index (χ4v) is 3.83. The van der Waals surface area contributed by atoms with Gasteiger partial charge in [-0.15, -0.1) is 0 Å². The second kappa shape index (κ2) is 8.94. The molecule has 1 N–H and O–H groups in total. The van der Waals surface area contributed by atoms with Crippen molar-refractivity contribution < 1.29 is 18.7 Å². The Balaban J connectivity index is 1.39. The van der Waals surface area contributed by atoms with Crippen molar-refractivity contribution in [3.8, 4) is 5.75 Å². The maximum atomic E-state index is 13.1. The summed E-state index contributed by atoms with van der Waals surface area (Å²) in [6.45, 7) is 6.82. The number of morpholine rings is 1. The van der Waals surface area contributed by atoms with E-state index in [1.165, 1.54) is 18.4 Å². The van der Waals surface area contributed by atoms with E-state index < -0.39 is 5.63 Å². The zero-order chi connectivity index (χ0) is 20.2. The Bertz CT molecular complexity index is 872. The smallest absolute Gasteiger partial charge is 0.343 e. The van der Waals surface area contributed by atoms with Gasteiger partial charge >= 0.3 is 5.63 Å². The van der Waals surface area contributed by atoms with Gasteiger partial charge in [-0.3, -0.25) is 9.80 Å². The molecule has 156 valence electrons. The molecule has 0 unspecified atom stereocenters. The van der Waals surface area contributed by atoms with Crippen LogP contribution in [0.3, 0.4) is 0 Å². The molecule has 2 aliphatic heterocycles. The van der Waals surface area contributed by atoms with E-state index in [1.54, 1.807) is 12.1 Å². The summed E-state index contributed by atoms with van der Waals surface area (Å²) in [7, 11) is 0. The Kier molecular flexibility index (Phi) is 6.13. The summed E-state index contributed by atoms with van der Waals surface area (Å²) < 4.78 is 23.7. The maximum absolute atomic E-state index is 13.1. The molecule has 0 amide bonds. The molecule has 0 aliphatic carbocycles. The highest BCUT2D eigenvalue weighted by molar-refractivity contribution is 5.46. The van der Waals surface area contributed by atoms with E-state index >= 15 is 0 Å². The predicted octanol–water partition coefficient (Wildman–Crippen LogP) is 1.64. The van der Waals surface area contributed by atoms with E-state index in [1.807, 2.05) is 0 Å². The molecule has 8 heteroatoms. The standard InChI is InChI=1S/C21H26FN3O4/c22-17-1-3-18(4-2-17)25-7-5-23(6-8-25)14-19-20(26)16(15-29-21(19)27)13-24-9-11-28-12-10-24/h1-4,15,26H,5-14H2. The number of ether oxygens (including phenoxy) is 1. The Morgan fingerprint density at radius 3 is 2.28 bits per heavy atom. The second-order valence-corrected chi connectivity index (χ2v) is 7.50. The summed E-state index contributed by atoms with van der Waals surface area (Å²) in [5, 5.41) is 10.7. The van der Waals surface area contributed by atoms with Gasteiger partial charge in [-0.2, -0.15) is 0 Å². The van der Waals surface area contributed by atoms with Crippen molar-refractivity contribution >= 4 is 5.69 Å². The third-order valence-electron chi connectivity index (χ3n) is 5.59. The molecule has 0 radical (unpaired) electrons. The molecule has 2 fully saturated rings. The minimum Gasteiger partial charge on any atom is -0.507 e. The topological polar surface area (TPSA) is 69.4 Å². The first kappa shape index (κ1) is 19.9. The van der Waals surface area contributed by atoms with Gasteiger partial charge in [0.1, 0.15) is 17.8 Å². The molecule has 2 saturated heterocycles. The third-order valence-corrected chi connectivity index (χ3v) is 5.59. The Morgan fingerprint density at radius 2 is 1.59 bits per heavy atom. The van der Waals surface area contributed by atoms with Gasteiger partial charge in [-0.1, -0.05) is 0 Å². The van der Waals surface area contributed by atoms with Crippen molar-refractivity contribution in [3.05, 3.63) is 57.9 Å². The molecule has 0 saturated carbocycles. The van der Waals surface area contributed by atoms with Gasteiger partial charge in [-0.05, 0) is 24.3 Å². The quantitative estimate of drug-likeness (QED) is 0.814. The molecule has 2 aromatic rings. The minimum atomic E-state index is -0.491. The average Bonchev–Trinajstić information content (AvgIpc) is 2.75. The summed E-state index contributed by atoms with van der Waals surface area (Å²) in [5.41, 5.74) is 1.44. The highest BCUT2D eigenvalue weighted by atomic mass is 19.1. The number of piperazine rings is 1. The van der Waals surface area contributed by atoms with Crippen molar-refractivity contribution in [1.29, 1.82) is 0 Å². The number of rotatable bonds is 5. The number of halogens is 1. The maximum Gasteiger partial charge on any atom is 0.343 e. The Labute approximate surface area is 168 Å². The molecule has 2 aliphatic rings. The van der Waals surface area contributed by atoms with Crippen LogP contribution in [0.4, 0.5) is 10.1 Å². The lowest BCUT2D eigenvalue weighted by Crippen LogP contribution is -2.46. The summed E-state index contributed by atoms with van der Waals surface area (Å²) in [6, 6.07) is 6.48. The number of anilines is 1. The largest absolute Gasteiger partial charge is 0.507 e. The molecular weight excluding hydrogens is 377 g/mol. The Hall–Kier alpha value is -2.42. The lowest BCUT2D eigenvalue weighted by atomic mass is 10.1. The number of hydrogen-bond acceptors (Lipinski definition) is 7. The van der Waals surface area contributed by atoms with E-state index in [2.05, 4.69) is 14.7 Å². The monoisotopic (exact) mass is 403 g/mol. The van der Waals surface area contributed by atoms with Crippen LogP contribution in [0.25, 0.3) is 0 Å². The minimum absolute atomic E-state index is 0.0358. The molecule has 0 spiro atoms. The molecule has 7 nitrogen and oxygen atoms in total. The molecule has 29 heavy (non-hydrogen) atoms. The van der Waals surface area contributed by atoms with E-state index in [-0.39, 0.29) is 11.6 Å². The molecular formula is C21H26FN3O4. The van der Waals surface area contributed by atoms with Crippen LogP contribution < -0.4 is 10.5 Å². The summed E-state index contributed by atoms with van der Waals surface area (Å²) in [6.07, 6.45) is 1.36. The highest BCUT2D eigenvalue weighted by Gasteiger charge is 2.22. The fraction of sp³-hybridized carbons (Fsp3) is 0.476. The van der Waals surface area contributed by atoms with E-state index in [0.29, 0.717) is 37.4 Å². The molecule has 0 bridgehead atoms. The van der Waals surface area contributed by atoms with Crippen LogP contribution >= 0.6 is 0 Å². The van der Waals surface area contributed by atoms with Crippen molar-refractivity contribution in [2.45, 2.75) is 13.1 Å². The number of hydrogen-bond donors (Lipinski definition) is 1. The van der Waals surface area contributed by atoms with Crippen LogP contribution in [0.1, 0.15) is 11.1 Å². The summed E-state index contributed by atoms with van der Waals surface area (Å²) in [5.74, 6) is -0.208. The molecule has 4 rings (SSSR count). The van der Waals surface area contributed by atoms with Gasteiger partial charge < -0.3 is 19.2 Å². The third kappa shape index (κ3) is 4.77. The van der Waals surface area contributed by atoms with E-state index in [0.717, 1.165) is 45.0 Å².